The lowest BCUT2D eigenvalue weighted by molar-refractivity contribution is 0.554. The molecule has 1 aliphatic carbocycles. The van der Waals surface area contributed by atoms with Crippen molar-refractivity contribution in [1.29, 1.82) is 0 Å². The van der Waals surface area contributed by atoms with Gasteiger partial charge in [0.2, 0.25) is 0 Å². The molecule has 14 heavy (non-hydrogen) atoms. The van der Waals surface area contributed by atoms with Crippen LogP contribution in [0.25, 0.3) is 0 Å². The van der Waals surface area contributed by atoms with Crippen LogP contribution in [0.3, 0.4) is 0 Å². The Morgan fingerprint density at radius 3 is 2.64 bits per heavy atom. The standard InChI is InChI=1S/C10H18N4/c1-3-6-14-8(2)12-13-9(14)10(7-11)4-5-10/h3-7,11H2,1-2H3. The molecule has 4 heteroatoms. The lowest BCUT2D eigenvalue weighted by Gasteiger charge is -2.13. The third kappa shape index (κ3) is 1.34. The lowest BCUT2D eigenvalue weighted by Crippen LogP contribution is -2.24. The van der Waals surface area contributed by atoms with Crippen molar-refractivity contribution < 1.29 is 0 Å². The molecule has 1 heterocycles. The Morgan fingerprint density at radius 1 is 1.43 bits per heavy atom. The summed E-state index contributed by atoms with van der Waals surface area (Å²) < 4.78 is 2.22. The molecule has 1 saturated carbocycles. The minimum atomic E-state index is 0.163. The molecule has 0 aliphatic heterocycles. The average Bonchev–Trinajstić information content (AvgIpc) is 2.90. The zero-order valence-electron chi connectivity index (χ0n) is 8.95. The molecule has 4 nitrogen and oxygen atoms in total. The van der Waals surface area contributed by atoms with Gasteiger partial charge >= 0.3 is 0 Å². The van der Waals surface area contributed by atoms with Gasteiger partial charge in [0.25, 0.3) is 0 Å². The van der Waals surface area contributed by atoms with Crippen molar-refractivity contribution in [3.8, 4) is 0 Å². The minimum absolute atomic E-state index is 0.163. The Labute approximate surface area is 84.5 Å². The summed E-state index contributed by atoms with van der Waals surface area (Å²) >= 11 is 0. The van der Waals surface area contributed by atoms with E-state index in [-0.39, 0.29) is 5.41 Å². The number of rotatable bonds is 4. The molecule has 0 atom stereocenters. The fourth-order valence-corrected chi connectivity index (χ4v) is 1.93. The third-order valence-corrected chi connectivity index (χ3v) is 3.10. The van der Waals surface area contributed by atoms with E-state index >= 15 is 0 Å². The van der Waals surface area contributed by atoms with Crippen LogP contribution in [0.4, 0.5) is 0 Å². The topological polar surface area (TPSA) is 56.7 Å². The van der Waals surface area contributed by atoms with Gasteiger partial charge in [-0.15, -0.1) is 10.2 Å². The van der Waals surface area contributed by atoms with Crippen molar-refractivity contribution in [2.45, 2.75) is 45.1 Å². The largest absolute Gasteiger partial charge is 0.329 e. The van der Waals surface area contributed by atoms with Crippen LogP contribution in [0.5, 0.6) is 0 Å². The van der Waals surface area contributed by atoms with Gasteiger partial charge in [-0.2, -0.15) is 0 Å². The number of nitrogens with zero attached hydrogens (tertiary/aromatic N) is 3. The van der Waals surface area contributed by atoms with E-state index < -0.39 is 0 Å². The predicted molar refractivity (Wildman–Crippen MR) is 55.0 cm³/mol. The molecule has 1 fully saturated rings. The summed E-state index contributed by atoms with van der Waals surface area (Å²) in [5.41, 5.74) is 5.96. The van der Waals surface area contributed by atoms with Gasteiger partial charge in [0.15, 0.2) is 0 Å². The summed E-state index contributed by atoms with van der Waals surface area (Å²) in [6.07, 6.45) is 3.46. The van der Waals surface area contributed by atoms with Crippen molar-refractivity contribution in [3.05, 3.63) is 11.6 Å². The van der Waals surface area contributed by atoms with Crippen LogP contribution in [0.1, 0.15) is 37.8 Å². The Morgan fingerprint density at radius 2 is 2.14 bits per heavy atom. The van der Waals surface area contributed by atoms with E-state index in [1.807, 2.05) is 6.92 Å². The molecule has 2 N–H and O–H groups in total. The first-order valence-electron chi connectivity index (χ1n) is 5.34. The van der Waals surface area contributed by atoms with Gasteiger partial charge in [0, 0.05) is 18.5 Å². The van der Waals surface area contributed by atoms with Gasteiger partial charge < -0.3 is 10.3 Å². The first-order chi connectivity index (χ1) is 6.73. The van der Waals surface area contributed by atoms with E-state index in [9.17, 15) is 0 Å². The quantitative estimate of drug-likeness (QED) is 0.777. The second kappa shape index (κ2) is 3.35. The normalized spacial score (nSPS) is 18.5. The molecule has 0 unspecified atom stereocenters. The first kappa shape index (κ1) is 9.65. The minimum Gasteiger partial charge on any atom is -0.329 e. The van der Waals surface area contributed by atoms with Crippen LogP contribution >= 0.6 is 0 Å². The number of aromatic nitrogens is 3. The molecule has 0 aromatic carbocycles. The van der Waals surface area contributed by atoms with Crippen LogP contribution in [0.2, 0.25) is 0 Å². The number of hydrogen-bond acceptors (Lipinski definition) is 3. The summed E-state index contributed by atoms with van der Waals surface area (Å²) in [4.78, 5) is 0. The van der Waals surface area contributed by atoms with E-state index in [0.717, 1.165) is 24.6 Å². The molecular weight excluding hydrogens is 176 g/mol. The van der Waals surface area contributed by atoms with Crippen LogP contribution < -0.4 is 5.73 Å². The average molecular weight is 194 g/mol. The second-order valence-corrected chi connectivity index (χ2v) is 4.21. The van der Waals surface area contributed by atoms with Gasteiger partial charge in [-0.1, -0.05) is 6.92 Å². The van der Waals surface area contributed by atoms with Gasteiger partial charge in [-0.05, 0) is 26.2 Å². The Kier molecular flexibility index (Phi) is 2.31. The third-order valence-electron chi connectivity index (χ3n) is 3.10. The van der Waals surface area contributed by atoms with Crippen molar-refractivity contribution in [3.63, 3.8) is 0 Å². The Balaban J connectivity index is 2.33. The van der Waals surface area contributed by atoms with Crippen molar-refractivity contribution in [1.82, 2.24) is 14.8 Å². The number of aryl methyl sites for hydroxylation is 1. The fourth-order valence-electron chi connectivity index (χ4n) is 1.93. The summed E-state index contributed by atoms with van der Waals surface area (Å²) in [5, 5.41) is 8.42. The monoisotopic (exact) mass is 194 g/mol. The van der Waals surface area contributed by atoms with Gasteiger partial charge in [0.05, 0.1) is 0 Å². The maximum Gasteiger partial charge on any atom is 0.140 e. The molecule has 1 aliphatic rings. The highest BCUT2D eigenvalue weighted by Gasteiger charge is 2.47. The van der Waals surface area contributed by atoms with Crippen LogP contribution in [0, 0.1) is 6.92 Å². The lowest BCUT2D eigenvalue weighted by atomic mass is 10.1. The van der Waals surface area contributed by atoms with Crippen LogP contribution in [0.15, 0.2) is 0 Å². The zero-order valence-corrected chi connectivity index (χ0v) is 8.95. The predicted octanol–water partition coefficient (Wildman–Crippen LogP) is 0.987. The molecule has 0 saturated heterocycles. The molecule has 0 spiro atoms. The fraction of sp³-hybridized carbons (Fsp3) is 0.800. The maximum atomic E-state index is 5.79. The van der Waals surface area contributed by atoms with Gasteiger partial charge in [0.1, 0.15) is 11.6 Å². The molecular formula is C10H18N4. The Bertz CT molecular complexity index is 325. The highest BCUT2D eigenvalue weighted by atomic mass is 15.3. The highest BCUT2D eigenvalue weighted by Crippen LogP contribution is 2.46. The highest BCUT2D eigenvalue weighted by molar-refractivity contribution is 5.20. The summed E-state index contributed by atoms with van der Waals surface area (Å²) in [6.45, 7) is 5.90. The molecule has 1 aromatic rings. The van der Waals surface area contributed by atoms with E-state index in [1.165, 1.54) is 12.8 Å². The maximum absolute atomic E-state index is 5.79. The van der Waals surface area contributed by atoms with Crippen molar-refractivity contribution in [2.24, 2.45) is 5.73 Å². The van der Waals surface area contributed by atoms with Crippen LogP contribution in [-0.2, 0) is 12.0 Å². The van der Waals surface area contributed by atoms with Gasteiger partial charge in [-0.3, -0.25) is 0 Å². The number of nitrogens with two attached hydrogens (primary N) is 1. The molecule has 0 amide bonds. The molecule has 0 bridgehead atoms. The van der Waals surface area contributed by atoms with E-state index in [2.05, 4.69) is 21.7 Å². The Hall–Kier alpha value is -0.900. The van der Waals surface area contributed by atoms with Gasteiger partial charge in [-0.25, -0.2) is 0 Å². The van der Waals surface area contributed by atoms with Crippen molar-refractivity contribution in [2.75, 3.05) is 6.54 Å². The summed E-state index contributed by atoms with van der Waals surface area (Å²) in [5.74, 6) is 2.13. The van der Waals surface area contributed by atoms with Crippen LogP contribution in [-0.4, -0.2) is 21.3 Å². The van der Waals surface area contributed by atoms with E-state index in [0.29, 0.717) is 6.54 Å². The van der Waals surface area contributed by atoms with E-state index in [4.69, 9.17) is 5.73 Å². The summed E-state index contributed by atoms with van der Waals surface area (Å²) in [7, 11) is 0. The first-order valence-corrected chi connectivity index (χ1v) is 5.34. The molecule has 2 rings (SSSR count). The number of hydrogen-bond donors (Lipinski definition) is 1. The molecule has 0 radical (unpaired) electrons. The smallest absolute Gasteiger partial charge is 0.140 e. The summed E-state index contributed by atoms with van der Waals surface area (Å²) in [6, 6.07) is 0. The zero-order chi connectivity index (χ0) is 10.2. The molecule has 78 valence electrons. The van der Waals surface area contributed by atoms with Crippen molar-refractivity contribution >= 4 is 0 Å². The second-order valence-electron chi connectivity index (χ2n) is 4.21. The SMILES string of the molecule is CCCn1c(C)nnc1C1(CN)CC1. The van der Waals surface area contributed by atoms with E-state index in [1.54, 1.807) is 0 Å². The molecule has 1 aromatic heterocycles.